The van der Waals surface area contributed by atoms with Crippen LogP contribution < -0.4 is 5.32 Å². The number of halogens is 2. The van der Waals surface area contributed by atoms with Crippen LogP contribution in [0.1, 0.15) is 15.3 Å². The Bertz CT molecular complexity index is 560. The number of hydroxylamine groups is 2. The highest BCUT2D eigenvalue weighted by Crippen LogP contribution is 2.25. The third-order valence-corrected chi connectivity index (χ3v) is 3.03. The molecule has 0 aromatic rings. The molecular formula is C14H22FIN4O5. The second kappa shape index (κ2) is 11.6. The van der Waals surface area contributed by atoms with E-state index in [-0.39, 0.29) is 44.6 Å². The summed E-state index contributed by atoms with van der Waals surface area (Å²) in [5.41, 5.74) is 1.01. The summed E-state index contributed by atoms with van der Waals surface area (Å²) in [7, 11) is 0. The zero-order chi connectivity index (χ0) is 18.1. The van der Waals surface area contributed by atoms with E-state index < -0.39 is 18.4 Å². The van der Waals surface area contributed by atoms with Gasteiger partial charge in [0.25, 0.3) is 0 Å². The molecule has 0 unspecified atom stereocenters. The molecule has 11 heteroatoms. The van der Waals surface area contributed by atoms with Crippen molar-refractivity contribution in [2.24, 2.45) is 0 Å². The summed E-state index contributed by atoms with van der Waals surface area (Å²) >= 11 is 0. The van der Waals surface area contributed by atoms with Crippen molar-refractivity contribution in [2.75, 3.05) is 26.2 Å². The van der Waals surface area contributed by atoms with Gasteiger partial charge < -0.3 is 15.0 Å². The summed E-state index contributed by atoms with van der Waals surface area (Å²) in [6.07, 6.45) is 0.0471. The molecule has 25 heavy (non-hydrogen) atoms. The number of ether oxygens (including phenoxy) is 1. The van der Waals surface area contributed by atoms with E-state index in [1.807, 2.05) is 13.0 Å². The molecule has 0 saturated carbocycles. The molecule has 1 fully saturated rings. The first-order chi connectivity index (χ1) is 11.4. The average molecular weight is 472 g/mol. The molecule has 0 spiro atoms. The molecule has 2 aliphatic heterocycles. The third kappa shape index (κ3) is 6.83. The van der Waals surface area contributed by atoms with Gasteiger partial charge in [-0.15, -0.1) is 24.0 Å². The Balaban J connectivity index is 0. The number of fused-ring (bicyclic) bond motifs is 2. The van der Waals surface area contributed by atoms with Crippen molar-refractivity contribution in [1.82, 2.24) is 15.3 Å². The van der Waals surface area contributed by atoms with Crippen LogP contribution >= 0.6 is 24.0 Å². The number of carbonyl (C=O) groups excluding carboxylic acids is 3. The van der Waals surface area contributed by atoms with Crippen LogP contribution in [0.2, 0.25) is 0 Å². The number of nitrogens with zero attached hydrogens (tertiary/aromatic N) is 3. The van der Waals surface area contributed by atoms with Gasteiger partial charge >= 0.3 is 18.4 Å². The van der Waals surface area contributed by atoms with Gasteiger partial charge in [-0.3, -0.25) is 4.79 Å². The Hall–Kier alpha value is -1.94. The Morgan fingerprint density at radius 3 is 2.88 bits per heavy atom. The fraction of sp³-hybridized carbons (Fsp3) is 0.571. The number of nitrogens with one attached hydrogen (secondary N) is 1. The van der Waals surface area contributed by atoms with Crippen molar-refractivity contribution in [2.45, 2.75) is 26.2 Å². The summed E-state index contributed by atoms with van der Waals surface area (Å²) in [6.45, 7) is 4.57. The van der Waals surface area contributed by atoms with E-state index in [1.54, 1.807) is 13.0 Å². The molecule has 1 saturated heterocycles. The Morgan fingerprint density at radius 2 is 2.36 bits per heavy atom. The fourth-order valence-corrected chi connectivity index (χ4v) is 2.16. The van der Waals surface area contributed by atoms with E-state index in [4.69, 9.17) is 10.1 Å². The standard InChI is InChI=1S/C11H15FN2O4.C3H4N2O.HI.H2/c1-3-17-10(15)9(12)18-14-8-4-7(2)5-13(6-8)11(14)16;4-1-2-5-3-6;;/h4,8-9H,3,5-6H2,1-2H3;3H,2H2,(H,5,6);2*1H/t8-,9-;;;/m1.../s1. The lowest BCUT2D eigenvalue weighted by Crippen LogP contribution is -2.38. The predicted octanol–water partition coefficient (Wildman–Crippen LogP) is 0.963. The summed E-state index contributed by atoms with van der Waals surface area (Å²) in [6, 6.07) is 0.948. The van der Waals surface area contributed by atoms with Crippen LogP contribution in [0.4, 0.5) is 9.18 Å². The van der Waals surface area contributed by atoms with Crippen LogP contribution in [0.5, 0.6) is 0 Å². The van der Waals surface area contributed by atoms with Crippen molar-refractivity contribution in [3.8, 4) is 6.07 Å². The number of esters is 1. The Labute approximate surface area is 163 Å². The minimum Gasteiger partial charge on any atom is -0.462 e. The normalized spacial score (nSPS) is 18.7. The van der Waals surface area contributed by atoms with Gasteiger partial charge in [0, 0.05) is 14.5 Å². The van der Waals surface area contributed by atoms with Crippen LogP contribution in [0.3, 0.4) is 0 Å². The van der Waals surface area contributed by atoms with Crippen LogP contribution in [-0.4, -0.2) is 67.0 Å². The Morgan fingerprint density at radius 1 is 1.68 bits per heavy atom. The first kappa shape index (κ1) is 23.1. The van der Waals surface area contributed by atoms with Crippen molar-refractivity contribution in [3.63, 3.8) is 0 Å². The molecule has 2 heterocycles. The molecule has 2 aliphatic rings. The second-order valence-corrected chi connectivity index (χ2v) is 4.90. The molecule has 1 N–H and O–H groups in total. The van der Waals surface area contributed by atoms with Gasteiger partial charge in [-0.05, 0) is 13.8 Å². The lowest BCUT2D eigenvalue weighted by Gasteiger charge is -2.21. The summed E-state index contributed by atoms with van der Waals surface area (Å²) in [4.78, 5) is 38.5. The number of urea groups is 1. The zero-order valence-corrected chi connectivity index (χ0v) is 16.1. The van der Waals surface area contributed by atoms with Gasteiger partial charge in [0.1, 0.15) is 6.54 Å². The lowest BCUT2D eigenvalue weighted by atomic mass is 10.1. The molecule has 2 bridgehead atoms. The molecule has 0 radical (unpaired) electrons. The number of hydrogen-bond acceptors (Lipinski definition) is 6. The van der Waals surface area contributed by atoms with Gasteiger partial charge in [-0.25, -0.2) is 18.8 Å². The monoisotopic (exact) mass is 472 g/mol. The maximum Gasteiger partial charge on any atom is 0.370 e. The largest absolute Gasteiger partial charge is 0.462 e. The number of hydrogen-bond donors (Lipinski definition) is 1. The predicted molar refractivity (Wildman–Crippen MR) is 96.2 cm³/mol. The minimum absolute atomic E-state index is 0. The van der Waals surface area contributed by atoms with Crippen LogP contribution in [0, 0.1) is 11.3 Å². The zero-order valence-electron chi connectivity index (χ0n) is 13.8. The average Bonchev–Trinajstić information content (AvgIpc) is 2.77. The number of rotatable bonds is 6. The molecule has 2 atom stereocenters. The van der Waals surface area contributed by atoms with E-state index in [0.717, 1.165) is 10.6 Å². The van der Waals surface area contributed by atoms with Crippen molar-refractivity contribution in [1.29, 1.82) is 5.26 Å². The maximum atomic E-state index is 13.4. The molecule has 0 aliphatic carbocycles. The van der Waals surface area contributed by atoms with Crippen molar-refractivity contribution in [3.05, 3.63) is 11.6 Å². The second-order valence-electron chi connectivity index (χ2n) is 4.90. The van der Waals surface area contributed by atoms with E-state index in [2.05, 4.69) is 10.1 Å². The molecule has 9 nitrogen and oxygen atoms in total. The topological polar surface area (TPSA) is 112 Å². The van der Waals surface area contributed by atoms with Crippen LogP contribution in [0.25, 0.3) is 0 Å². The van der Waals surface area contributed by atoms with Gasteiger partial charge in [0.2, 0.25) is 6.41 Å². The summed E-state index contributed by atoms with van der Waals surface area (Å²) in [5, 5.41) is 10.8. The lowest BCUT2D eigenvalue weighted by molar-refractivity contribution is -0.223. The van der Waals surface area contributed by atoms with E-state index >= 15 is 0 Å². The number of alkyl halides is 1. The van der Waals surface area contributed by atoms with Gasteiger partial charge in [-0.1, -0.05) is 11.6 Å². The highest BCUT2D eigenvalue weighted by molar-refractivity contribution is 14.0. The Kier molecular flexibility index (Phi) is 10.7. The molecule has 2 rings (SSSR count). The maximum absolute atomic E-state index is 13.4. The number of amides is 3. The highest BCUT2D eigenvalue weighted by Gasteiger charge is 2.42. The quantitative estimate of drug-likeness (QED) is 0.154. The molecular weight excluding hydrogens is 450 g/mol. The third-order valence-electron chi connectivity index (χ3n) is 3.03. The van der Waals surface area contributed by atoms with Crippen molar-refractivity contribution >= 4 is 42.4 Å². The molecule has 0 aromatic carbocycles. The van der Waals surface area contributed by atoms with Crippen molar-refractivity contribution < 1.29 is 29.8 Å². The van der Waals surface area contributed by atoms with Gasteiger partial charge in [0.15, 0.2) is 0 Å². The first-order valence-corrected chi connectivity index (χ1v) is 7.21. The molecule has 3 amide bonds. The van der Waals surface area contributed by atoms with E-state index in [1.165, 1.54) is 4.90 Å². The van der Waals surface area contributed by atoms with E-state index in [9.17, 15) is 18.8 Å². The molecule has 0 aromatic heterocycles. The van der Waals surface area contributed by atoms with Crippen LogP contribution in [0.15, 0.2) is 11.6 Å². The van der Waals surface area contributed by atoms with Gasteiger partial charge in [0.05, 0.1) is 18.7 Å². The SMILES string of the molecule is CCOC(=O)[C@H](F)ON1C(=O)N2CC(C)=C[C@@H]1C2.I.N#CCNC=O.[HH]. The number of nitriles is 1. The number of carbonyl (C=O) groups is 3. The highest BCUT2D eigenvalue weighted by atomic mass is 127. The molecule has 142 valence electrons. The summed E-state index contributed by atoms with van der Waals surface area (Å²) in [5.74, 6) is -1.12. The smallest absolute Gasteiger partial charge is 0.370 e. The van der Waals surface area contributed by atoms with Gasteiger partial charge in [-0.2, -0.15) is 10.3 Å². The summed E-state index contributed by atoms with van der Waals surface area (Å²) < 4.78 is 17.9. The minimum atomic E-state index is -2.27. The first-order valence-electron chi connectivity index (χ1n) is 7.21. The van der Waals surface area contributed by atoms with Crippen LogP contribution in [-0.2, 0) is 19.2 Å². The fourth-order valence-electron chi connectivity index (χ4n) is 2.16. The van der Waals surface area contributed by atoms with E-state index in [0.29, 0.717) is 19.5 Å².